The normalized spacial score (nSPS) is 17.1. The van der Waals surface area contributed by atoms with Crippen LogP contribution in [0.4, 0.5) is 0 Å². The summed E-state index contributed by atoms with van der Waals surface area (Å²) < 4.78 is 5.16. The van der Waals surface area contributed by atoms with Crippen LogP contribution in [-0.4, -0.2) is 54.7 Å². The smallest absolute Gasteiger partial charge is 0.213 e. The second-order valence-corrected chi connectivity index (χ2v) is 6.41. The number of guanidine groups is 1. The lowest BCUT2D eigenvalue weighted by molar-refractivity contribution is 0.167. The van der Waals surface area contributed by atoms with Crippen LogP contribution in [0.1, 0.15) is 39.3 Å². The number of nitrogens with zero attached hydrogens (tertiary/aromatic N) is 3. The van der Waals surface area contributed by atoms with Gasteiger partial charge in [0.15, 0.2) is 5.96 Å². The molecule has 1 aliphatic rings. The zero-order valence-electron chi connectivity index (χ0n) is 15.4. The number of hydrogen-bond donors (Lipinski definition) is 2. The second-order valence-electron chi connectivity index (χ2n) is 6.41. The van der Waals surface area contributed by atoms with Gasteiger partial charge in [0.1, 0.15) is 0 Å². The highest BCUT2D eigenvalue weighted by atomic mass is 16.5. The third-order valence-corrected chi connectivity index (χ3v) is 4.33. The zero-order chi connectivity index (χ0) is 17.4. The summed E-state index contributed by atoms with van der Waals surface area (Å²) in [6.07, 6.45) is 2.31. The Bertz CT molecular complexity index is 524. The van der Waals surface area contributed by atoms with Gasteiger partial charge in [-0.25, -0.2) is 9.98 Å². The molecular weight excluding hydrogens is 302 g/mol. The van der Waals surface area contributed by atoms with E-state index in [9.17, 15) is 0 Å². The largest absolute Gasteiger partial charge is 0.481 e. The Morgan fingerprint density at radius 3 is 2.75 bits per heavy atom. The average Bonchev–Trinajstić information content (AvgIpc) is 2.60. The maximum Gasteiger partial charge on any atom is 0.213 e. The second kappa shape index (κ2) is 9.47. The molecular formula is C18H31N5O. The Labute approximate surface area is 145 Å². The minimum atomic E-state index is 0.482. The number of methoxy groups -OCH3 is 1. The van der Waals surface area contributed by atoms with Crippen LogP contribution in [0, 0.1) is 0 Å². The molecule has 2 N–H and O–H groups in total. The molecule has 0 aromatic carbocycles. The van der Waals surface area contributed by atoms with Crippen LogP contribution >= 0.6 is 0 Å². The number of pyridine rings is 1. The van der Waals surface area contributed by atoms with Crippen molar-refractivity contribution < 1.29 is 4.74 Å². The Hall–Kier alpha value is -1.82. The van der Waals surface area contributed by atoms with E-state index >= 15 is 0 Å². The van der Waals surface area contributed by atoms with Gasteiger partial charge in [-0.05, 0) is 39.7 Å². The Kier molecular flexibility index (Phi) is 7.31. The molecule has 0 unspecified atom stereocenters. The van der Waals surface area contributed by atoms with Gasteiger partial charge in [0.2, 0.25) is 5.88 Å². The highest BCUT2D eigenvalue weighted by Gasteiger charge is 2.21. The van der Waals surface area contributed by atoms with Gasteiger partial charge in [0.25, 0.3) is 0 Å². The minimum absolute atomic E-state index is 0.482. The van der Waals surface area contributed by atoms with Gasteiger partial charge >= 0.3 is 0 Å². The van der Waals surface area contributed by atoms with E-state index in [4.69, 9.17) is 4.74 Å². The van der Waals surface area contributed by atoms with Crippen molar-refractivity contribution in [1.29, 1.82) is 0 Å². The van der Waals surface area contributed by atoms with E-state index in [1.54, 1.807) is 7.11 Å². The summed E-state index contributed by atoms with van der Waals surface area (Å²) in [4.78, 5) is 11.6. The summed E-state index contributed by atoms with van der Waals surface area (Å²) in [5.74, 6) is 1.49. The molecule has 134 valence electrons. The molecule has 24 heavy (non-hydrogen) atoms. The van der Waals surface area contributed by atoms with Crippen LogP contribution < -0.4 is 15.4 Å². The first-order chi connectivity index (χ1) is 11.6. The van der Waals surface area contributed by atoms with Gasteiger partial charge in [-0.15, -0.1) is 0 Å². The van der Waals surface area contributed by atoms with Crippen LogP contribution in [0.2, 0.25) is 0 Å². The van der Waals surface area contributed by atoms with E-state index in [-0.39, 0.29) is 0 Å². The van der Waals surface area contributed by atoms with Crippen molar-refractivity contribution in [1.82, 2.24) is 20.5 Å². The number of rotatable bonds is 6. The Morgan fingerprint density at radius 1 is 1.38 bits per heavy atom. The summed E-state index contributed by atoms with van der Waals surface area (Å²) in [5, 5.41) is 6.90. The van der Waals surface area contributed by atoms with Crippen molar-refractivity contribution in [2.75, 3.05) is 26.7 Å². The minimum Gasteiger partial charge on any atom is -0.481 e. The third-order valence-electron chi connectivity index (χ3n) is 4.33. The summed E-state index contributed by atoms with van der Waals surface area (Å²) >= 11 is 0. The fourth-order valence-corrected chi connectivity index (χ4v) is 2.89. The van der Waals surface area contributed by atoms with E-state index in [0.29, 0.717) is 24.5 Å². The average molecular weight is 333 g/mol. The van der Waals surface area contributed by atoms with Crippen molar-refractivity contribution in [2.45, 2.75) is 52.2 Å². The van der Waals surface area contributed by atoms with Crippen molar-refractivity contribution >= 4 is 5.96 Å². The maximum absolute atomic E-state index is 5.16. The predicted molar refractivity (Wildman–Crippen MR) is 98.5 cm³/mol. The summed E-state index contributed by atoms with van der Waals surface area (Å²) in [5.41, 5.74) is 0.904. The number of nitrogens with one attached hydrogen (secondary N) is 2. The fourth-order valence-electron chi connectivity index (χ4n) is 2.89. The molecule has 6 heteroatoms. The van der Waals surface area contributed by atoms with Gasteiger partial charge in [0.05, 0.1) is 19.3 Å². The first kappa shape index (κ1) is 18.5. The number of piperidine rings is 1. The summed E-state index contributed by atoms with van der Waals surface area (Å²) in [6.45, 7) is 10.3. The molecule has 1 aromatic heterocycles. The highest BCUT2D eigenvalue weighted by molar-refractivity contribution is 5.80. The van der Waals surface area contributed by atoms with Gasteiger partial charge in [0, 0.05) is 37.8 Å². The maximum atomic E-state index is 5.16. The highest BCUT2D eigenvalue weighted by Crippen LogP contribution is 2.13. The molecule has 6 nitrogen and oxygen atoms in total. The summed E-state index contributed by atoms with van der Waals surface area (Å²) in [7, 11) is 1.63. The molecule has 0 aliphatic carbocycles. The van der Waals surface area contributed by atoms with E-state index in [1.165, 1.54) is 0 Å². The van der Waals surface area contributed by atoms with Crippen molar-refractivity contribution in [3.63, 3.8) is 0 Å². The van der Waals surface area contributed by atoms with Gasteiger partial charge in [-0.3, -0.25) is 0 Å². The lowest BCUT2D eigenvalue weighted by atomic mass is 10.0. The van der Waals surface area contributed by atoms with Gasteiger partial charge < -0.3 is 20.3 Å². The lowest BCUT2D eigenvalue weighted by Crippen LogP contribution is -2.49. The van der Waals surface area contributed by atoms with Crippen LogP contribution in [0.3, 0.4) is 0 Å². The standard InChI is InChI=1S/C18H31N5O/c1-5-19-18(20-13-16-7-6-8-17(21-16)24-4)22-15-9-11-23(12-10-15)14(2)3/h6-8,14-15H,5,9-13H2,1-4H3,(H2,19,20,22). The molecule has 2 rings (SSSR count). The van der Waals surface area contributed by atoms with Crippen LogP contribution in [0.15, 0.2) is 23.2 Å². The molecule has 2 heterocycles. The monoisotopic (exact) mass is 333 g/mol. The van der Waals surface area contributed by atoms with E-state index < -0.39 is 0 Å². The van der Waals surface area contributed by atoms with Crippen LogP contribution in [0.5, 0.6) is 5.88 Å². The topological polar surface area (TPSA) is 61.8 Å². The molecule has 1 aliphatic heterocycles. The van der Waals surface area contributed by atoms with E-state index in [0.717, 1.165) is 44.1 Å². The first-order valence-corrected chi connectivity index (χ1v) is 8.91. The third kappa shape index (κ3) is 5.67. The molecule has 0 amide bonds. The lowest BCUT2D eigenvalue weighted by Gasteiger charge is -2.35. The quantitative estimate of drug-likeness (QED) is 0.616. The Morgan fingerprint density at radius 2 is 2.12 bits per heavy atom. The number of hydrogen-bond acceptors (Lipinski definition) is 4. The van der Waals surface area contributed by atoms with E-state index in [1.807, 2.05) is 18.2 Å². The molecule has 0 saturated carbocycles. The molecule has 0 bridgehead atoms. The van der Waals surface area contributed by atoms with Crippen molar-refractivity contribution in [3.8, 4) is 5.88 Å². The number of ether oxygens (including phenoxy) is 1. The number of aromatic nitrogens is 1. The fraction of sp³-hybridized carbons (Fsp3) is 0.667. The number of likely N-dealkylation sites (tertiary alicyclic amines) is 1. The molecule has 1 saturated heterocycles. The predicted octanol–water partition coefficient (Wildman–Crippen LogP) is 2.02. The van der Waals surface area contributed by atoms with E-state index in [2.05, 4.69) is 46.3 Å². The van der Waals surface area contributed by atoms with Gasteiger partial charge in [-0.1, -0.05) is 6.07 Å². The number of aliphatic imine (C=N–C) groups is 1. The SMILES string of the molecule is CCNC(=NCc1cccc(OC)n1)NC1CCN(C(C)C)CC1. The molecule has 0 spiro atoms. The zero-order valence-corrected chi connectivity index (χ0v) is 15.4. The van der Waals surface area contributed by atoms with Crippen LogP contribution in [0.25, 0.3) is 0 Å². The van der Waals surface area contributed by atoms with Crippen molar-refractivity contribution in [2.24, 2.45) is 4.99 Å². The first-order valence-electron chi connectivity index (χ1n) is 8.91. The molecule has 0 radical (unpaired) electrons. The molecule has 1 fully saturated rings. The van der Waals surface area contributed by atoms with Crippen molar-refractivity contribution in [3.05, 3.63) is 23.9 Å². The molecule has 0 atom stereocenters. The Balaban J connectivity index is 1.91. The van der Waals surface area contributed by atoms with Gasteiger partial charge in [-0.2, -0.15) is 0 Å². The van der Waals surface area contributed by atoms with Crippen LogP contribution in [-0.2, 0) is 6.54 Å². The molecule has 1 aromatic rings. The summed E-state index contributed by atoms with van der Waals surface area (Å²) in [6, 6.07) is 6.87.